The number of hydrogen-bond donors (Lipinski definition) is 2. The number of aliphatic carboxylic acids is 1. The van der Waals surface area contributed by atoms with E-state index in [-0.39, 0.29) is 31.5 Å². The summed E-state index contributed by atoms with van der Waals surface area (Å²) in [6, 6.07) is 10.9. The molecule has 4 heterocycles. The lowest BCUT2D eigenvalue weighted by Crippen LogP contribution is -2.42. The zero-order valence-electron chi connectivity index (χ0n) is 24.9. The molecule has 1 saturated carbocycles. The summed E-state index contributed by atoms with van der Waals surface area (Å²) < 4.78 is 14.9. The van der Waals surface area contributed by atoms with Crippen LogP contribution in [0, 0.1) is 17.2 Å². The van der Waals surface area contributed by atoms with Gasteiger partial charge in [0.1, 0.15) is 12.1 Å². The largest absolute Gasteiger partial charge is 0.479 e. The van der Waals surface area contributed by atoms with E-state index in [1.807, 2.05) is 23.0 Å². The summed E-state index contributed by atoms with van der Waals surface area (Å²) in [4.78, 5) is 35.5. The molecule has 0 spiro atoms. The van der Waals surface area contributed by atoms with Crippen molar-refractivity contribution in [1.82, 2.24) is 29.2 Å². The van der Waals surface area contributed by atoms with Gasteiger partial charge in [0.15, 0.2) is 11.8 Å². The molecule has 4 aromatic rings. The molecule has 4 atom stereocenters. The van der Waals surface area contributed by atoms with Crippen LogP contribution in [-0.4, -0.2) is 77.0 Å². The van der Waals surface area contributed by atoms with Crippen molar-refractivity contribution in [3.63, 3.8) is 0 Å². The molecule has 1 amide bonds. The molecule has 2 N–H and O–H groups in total. The van der Waals surface area contributed by atoms with Crippen molar-refractivity contribution in [2.75, 3.05) is 7.05 Å². The minimum atomic E-state index is -1.16. The van der Waals surface area contributed by atoms with Crippen LogP contribution in [-0.2, 0) is 16.1 Å². The van der Waals surface area contributed by atoms with Crippen molar-refractivity contribution >= 4 is 23.0 Å². The van der Waals surface area contributed by atoms with E-state index >= 15 is 0 Å². The second-order valence-corrected chi connectivity index (χ2v) is 11.7. The van der Waals surface area contributed by atoms with Crippen molar-refractivity contribution in [2.45, 2.75) is 76.0 Å². The second kappa shape index (κ2) is 13.1. The number of benzene rings is 1. The van der Waals surface area contributed by atoms with Crippen molar-refractivity contribution in [3.8, 4) is 23.1 Å². The molecular formula is C32H35N7O6. The standard InChI is InChI=1S/C32H35N7O6/c1-37(17-21-8-4-5-9-26(21)44-28-15-23(40)14-27(45-28)31(41)42)32(43)38-13-11-24-29(34-19-35-30(24)38)22-16-36-39(18-22)25(10-12-33)20-6-2-3-7-20/h4-5,8-9,11,13,16,18-20,23,25,27-28,40H,2-3,6-7,10,14-15,17H2,1H3,(H,41,42)/t23-,25+,27-,28+/m0/s1. The number of aliphatic hydroxyl groups is 1. The maximum Gasteiger partial charge on any atom is 0.333 e. The van der Waals surface area contributed by atoms with Crippen molar-refractivity contribution in [3.05, 3.63) is 60.8 Å². The van der Waals surface area contributed by atoms with Gasteiger partial charge in [-0.3, -0.25) is 9.25 Å². The van der Waals surface area contributed by atoms with Gasteiger partial charge >= 0.3 is 12.0 Å². The average Bonchev–Trinajstić information content (AvgIpc) is 3.82. The maximum atomic E-state index is 13.7. The monoisotopic (exact) mass is 613 g/mol. The van der Waals surface area contributed by atoms with Gasteiger partial charge in [0.2, 0.25) is 6.29 Å². The van der Waals surface area contributed by atoms with Gasteiger partial charge in [-0.15, -0.1) is 0 Å². The minimum Gasteiger partial charge on any atom is -0.479 e. The molecule has 0 bridgehead atoms. The number of carbonyl (C=O) groups excluding carboxylic acids is 1. The molecule has 3 aromatic heterocycles. The number of aliphatic hydroxyl groups excluding tert-OH is 1. The molecule has 45 heavy (non-hydrogen) atoms. The summed E-state index contributed by atoms with van der Waals surface area (Å²) in [5.41, 5.74) is 2.56. The van der Waals surface area contributed by atoms with Gasteiger partial charge in [-0.05, 0) is 30.9 Å². The molecule has 2 aliphatic rings. The fourth-order valence-corrected chi connectivity index (χ4v) is 6.38. The zero-order chi connectivity index (χ0) is 31.5. The number of carbonyl (C=O) groups is 2. The number of hydrogen-bond acceptors (Lipinski definition) is 9. The third-order valence-electron chi connectivity index (χ3n) is 8.65. The third kappa shape index (κ3) is 6.38. The van der Waals surface area contributed by atoms with E-state index in [4.69, 9.17) is 9.47 Å². The topological polar surface area (TPSA) is 169 Å². The lowest BCUT2D eigenvalue weighted by atomic mass is 9.96. The fourth-order valence-electron chi connectivity index (χ4n) is 6.38. The number of carboxylic acid groups (broad SMARTS) is 1. The predicted molar refractivity (Wildman–Crippen MR) is 161 cm³/mol. The first-order valence-electron chi connectivity index (χ1n) is 15.1. The lowest BCUT2D eigenvalue weighted by molar-refractivity contribution is -0.195. The first-order valence-corrected chi connectivity index (χ1v) is 15.1. The number of carboxylic acids is 1. The van der Waals surface area contributed by atoms with Crippen LogP contribution in [0.4, 0.5) is 4.79 Å². The van der Waals surface area contributed by atoms with Crippen LogP contribution in [0.3, 0.4) is 0 Å². The summed E-state index contributed by atoms with van der Waals surface area (Å²) in [6.45, 7) is 0.179. The molecule has 1 aliphatic carbocycles. The van der Waals surface area contributed by atoms with E-state index in [2.05, 4.69) is 21.1 Å². The fraction of sp³-hybridized carbons (Fsp3) is 0.438. The molecular weight excluding hydrogens is 578 g/mol. The van der Waals surface area contributed by atoms with Gasteiger partial charge in [0.25, 0.3) is 0 Å². The third-order valence-corrected chi connectivity index (χ3v) is 8.65. The highest BCUT2D eigenvalue weighted by molar-refractivity contribution is 5.96. The molecule has 1 saturated heterocycles. The number of nitriles is 1. The normalized spacial score (nSPS) is 21.0. The molecule has 1 aromatic carbocycles. The molecule has 234 valence electrons. The van der Waals surface area contributed by atoms with Crippen LogP contribution in [0.15, 0.2) is 55.2 Å². The van der Waals surface area contributed by atoms with E-state index in [0.29, 0.717) is 40.4 Å². The SMILES string of the molecule is CN(Cc1ccccc1O[C@H]1C[C@@H](O)C[C@@H](C(=O)O)O1)C(=O)n1ccc2c(-c3cnn([C@H](CC#N)C4CCCC4)c3)ncnc21. The molecule has 0 unspecified atom stereocenters. The lowest BCUT2D eigenvalue weighted by Gasteiger charge is -2.31. The smallest absolute Gasteiger partial charge is 0.333 e. The second-order valence-electron chi connectivity index (χ2n) is 11.7. The summed E-state index contributed by atoms with van der Waals surface area (Å²) in [7, 11) is 1.66. The van der Waals surface area contributed by atoms with Gasteiger partial charge in [-0.2, -0.15) is 10.4 Å². The van der Waals surface area contributed by atoms with Crippen LogP contribution >= 0.6 is 0 Å². The average molecular weight is 614 g/mol. The molecule has 6 rings (SSSR count). The van der Waals surface area contributed by atoms with Crippen LogP contribution in [0.2, 0.25) is 0 Å². The van der Waals surface area contributed by atoms with E-state index in [9.17, 15) is 25.1 Å². The molecule has 0 radical (unpaired) electrons. The highest BCUT2D eigenvalue weighted by atomic mass is 16.7. The number of ether oxygens (including phenoxy) is 2. The summed E-state index contributed by atoms with van der Waals surface area (Å²) in [5, 5.41) is 34.2. The predicted octanol–water partition coefficient (Wildman–Crippen LogP) is 4.37. The Kier molecular flexibility index (Phi) is 8.77. The Morgan fingerprint density at radius 3 is 2.78 bits per heavy atom. The van der Waals surface area contributed by atoms with Crippen LogP contribution < -0.4 is 4.74 Å². The van der Waals surface area contributed by atoms with Crippen molar-refractivity contribution < 1.29 is 29.3 Å². The number of para-hydroxylation sites is 1. The Morgan fingerprint density at radius 1 is 1.20 bits per heavy atom. The first-order chi connectivity index (χ1) is 21.8. The van der Waals surface area contributed by atoms with Gasteiger partial charge in [-0.25, -0.2) is 19.6 Å². The van der Waals surface area contributed by atoms with Crippen LogP contribution in [0.25, 0.3) is 22.3 Å². The molecule has 13 heteroatoms. The Balaban J connectivity index is 1.20. The molecule has 1 aliphatic heterocycles. The Hall–Kier alpha value is -4.80. The number of fused-ring (bicyclic) bond motifs is 1. The van der Waals surface area contributed by atoms with Crippen LogP contribution in [0.5, 0.6) is 5.75 Å². The van der Waals surface area contributed by atoms with Crippen molar-refractivity contribution in [2.24, 2.45) is 5.92 Å². The van der Waals surface area contributed by atoms with Gasteiger partial charge in [0.05, 0.1) is 43.1 Å². The van der Waals surface area contributed by atoms with E-state index < -0.39 is 24.5 Å². The maximum absolute atomic E-state index is 13.7. The summed E-state index contributed by atoms with van der Waals surface area (Å²) >= 11 is 0. The van der Waals surface area contributed by atoms with Gasteiger partial charge < -0.3 is 24.6 Å². The number of amides is 1. The number of nitrogens with zero attached hydrogens (tertiary/aromatic N) is 7. The Labute approximate surface area is 259 Å². The van der Waals surface area contributed by atoms with Gasteiger partial charge in [0, 0.05) is 48.8 Å². The van der Waals surface area contributed by atoms with Gasteiger partial charge in [-0.1, -0.05) is 31.0 Å². The van der Waals surface area contributed by atoms with E-state index in [1.165, 1.54) is 28.6 Å². The van der Waals surface area contributed by atoms with E-state index in [1.54, 1.807) is 37.6 Å². The summed E-state index contributed by atoms with van der Waals surface area (Å²) in [5.74, 6) is -0.310. The summed E-state index contributed by atoms with van der Waals surface area (Å²) in [6.07, 6.45) is 8.85. The zero-order valence-corrected chi connectivity index (χ0v) is 24.9. The Morgan fingerprint density at radius 2 is 2.00 bits per heavy atom. The number of rotatable bonds is 9. The quantitative estimate of drug-likeness (QED) is 0.276. The highest BCUT2D eigenvalue weighted by Crippen LogP contribution is 2.37. The first kappa shape index (κ1) is 30.2. The van der Waals surface area contributed by atoms with Crippen molar-refractivity contribution in [1.29, 1.82) is 5.26 Å². The minimum absolute atomic E-state index is 0.00526. The van der Waals surface area contributed by atoms with E-state index in [0.717, 1.165) is 18.4 Å². The van der Waals surface area contributed by atoms with Crippen LogP contribution in [0.1, 0.15) is 56.6 Å². The molecule has 2 fully saturated rings. The molecule has 13 nitrogen and oxygen atoms in total. The number of aromatic nitrogens is 5. The Bertz CT molecular complexity index is 1720. The highest BCUT2D eigenvalue weighted by Gasteiger charge is 2.34.